The third kappa shape index (κ3) is 2.43. The predicted molar refractivity (Wildman–Crippen MR) is 108 cm³/mol. The summed E-state index contributed by atoms with van der Waals surface area (Å²) in [7, 11) is 0. The van der Waals surface area contributed by atoms with Gasteiger partial charge < -0.3 is 9.84 Å². The summed E-state index contributed by atoms with van der Waals surface area (Å²) in [6.07, 6.45) is 1.56. The maximum atomic E-state index is 13.7. The lowest BCUT2D eigenvalue weighted by atomic mass is 9.40. The monoisotopic (exact) mass is 402 g/mol. The SMILES string of the molecule is C=C(C(C)=O)C12CCC(C)C(C(=O)C(=O)C3(C)C(O)CC4OCC4C3C1)C2(C)C. The zero-order chi connectivity index (χ0) is 21.5. The minimum absolute atomic E-state index is 0.0507. The summed E-state index contributed by atoms with van der Waals surface area (Å²) in [5.74, 6) is -1.34. The fourth-order valence-electron chi connectivity index (χ4n) is 7.51. The van der Waals surface area contributed by atoms with Crippen LogP contribution in [-0.4, -0.2) is 41.3 Å². The molecule has 0 spiro atoms. The highest BCUT2D eigenvalue weighted by atomic mass is 16.5. The van der Waals surface area contributed by atoms with Crippen molar-refractivity contribution in [3.63, 3.8) is 0 Å². The number of Topliss-reactive ketones (excluding diaryl/α,β-unsaturated/α-hetero) is 3. The average Bonchev–Trinajstić information content (AvgIpc) is 2.62. The van der Waals surface area contributed by atoms with E-state index in [9.17, 15) is 19.5 Å². The molecule has 2 bridgehead atoms. The number of aliphatic hydroxyl groups excluding tert-OH is 1. The van der Waals surface area contributed by atoms with E-state index in [1.165, 1.54) is 0 Å². The number of hydrogen-bond acceptors (Lipinski definition) is 5. The van der Waals surface area contributed by atoms with Crippen molar-refractivity contribution in [2.24, 2.45) is 39.9 Å². The molecule has 4 fully saturated rings. The van der Waals surface area contributed by atoms with E-state index in [1.807, 2.05) is 20.8 Å². The highest BCUT2D eigenvalue weighted by Gasteiger charge is 2.68. The molecule has 1 heterocycles. The molecule has 0 aromatic carbocycles. The van der Waals surface area contributed by atoms with Crippen molar-refractivity contribution < 1.29 is 24.2 Å². The summed E-state index contributed by atoms with van der Waals surface area (Å²) in [4.78, 5) is 39.9. The Morgan fingerprint density at radius 3 is 2.45 bits per heavy atom. The molecule has 0 aromatic rings. The van der Waals surface area contributed by atoms with Crippen LogP contribution in [0.5, 0.6) is 0 Å². The minimum Gasteiger partial charge on any atom is -0.392 e. The first kappa shape index (κ1) is 20.9. The number of rotatable bonds is 2. The number of aliphatic hydroxyl groups is 1. The lowest BCUT2D eigenvalue weighted by Crippen LogP contribution is -2.68. The zero-order valence-corrected chi connectivity index (χ0v) is 18.3. The Morgan fingerprint density at radius 1 is 1.24 bits per heavy atom. The van der Waals surface area contributed by atoms with Crippen LogP contribution in [0.25, 0.3) is 0 Å². The van der Waals surface area contributed by atoms with Crippen LogP contribution in [0.2, 0.25) is 0 Å². The third-order valence-electron chi connectivity index (χ3n) is 9.59. The van der Waals surface area contributed by atoms with Crippen LogP contribution in [0, 0.1) is 39.9 Å². The van der Waals surface area contributed by atoms with E-state index < -0.39 is 34.1 Å². The average molecular weight is 403 g/mol. The maximum absolute atomic E-state index is 13.7. The van der Waals surface area contributed by atoms with Crippen molar-refractivity contribution in [2.45, 2.75) is 72.5 Å². The Balaban J connectivity index is 1.95. The van der Waals surface area contributed by atoms with Gasteiger partial charge in [-0.1, -0.05) is 27.4 Å². The first-order chi connectivity index (χ1) is 13.4. The van der Waals surface area contributed by atoms with Gasteiger partial charge in [-0.3, -0.25) is 14.4 Å². The number of allylic oxidation sites excluding steroid dienone is 1. The van der Waals surface area contributed by atoms with E-state index in [4.69, 9.17) is 4.74 Å². The van der Waals surface area contributed by atoms with Gasteiger partial charge in [0.25, 0.3) is 0 Å². The predicted octanol–water partition coefficient (Wildman–Crippen LogP) is 3.13. The van der Waals surface area contributed by atoms with Crippen molar-refractivity contribution >= 4 is 17.3 Å². The van der Waals surface area contributed by atoms with Crippen LogP contribution in [-0.2, 0) is 19.1 Å². The van der Waals surface area contributed by atoms with Gasteiger partial charge in [0.1, 0.15) is 0 Å². The van der Waals surface area contributed by atoms with Crippen LogP contribution >= 0.6 is 0 Å². The molecule has 4 rings (SSSR count). The fourth-order valence-corrected chi connectivity index (χ4v) is 7.51. The molecule has 4 aliphatic rings. The summed E-state index contributed by atoms with van der Waals surface area (Å²) < 4.78 is 5.70. The number of carbonyl (C=O) groups is 3. The molecule has 5 nitrogen and oxygen atoms in total. The molecule has 5 heteroatoms. The van der Waals surface area contributed by atoms with Gasteiger partial charge in [-0.05, 0) is 55.9 Å². The van der Waals surface area contributed by atoms with Crippen molar-refractivity contribution in [2.75, 3.05) is 6.61 Å². The molecule has 1 saturated heterocycles. The summed E-state index contributed by atoms with van der Waals surface area (Å²) in [6.45, 7) is 14.2. The highest BCUT2D eigenvalue weighted by Crippen LogP contribution is 2.67. The van der Waals surface area contributed by atoms with Gasteiger partial charge in [0.15, 0.2) is 5.78 Å². The molecule has 8 atom stereocenters. The second-order valence-corrected chi connectivity index (χ2v) is 10.9. The number of hydrogen-bond donors (Lipinski definition) is 1. The molecule has 3 aliphatic carbocycles. The standard InChI is InChI=1S/C24H34O5/c1-12-7-8-24(13(2)14(3)25)10-16-15-11-29-17(15)9-18(26)23(16,6)21(28)20(27)19(12)22(24,4)5/h12,15-19,26H,2,7-11H2,1,3-6H3. The van der Waals surface area contributed by atoms with Crippen LogP contribution in [0.15, 0.2) is 12.2 Å². The molecule has 3 saturated carbocycles. The quantitative estimate of drug-likeness (QED) is 0.567. The van der Waals surface area contributed by atoms with Crippen LogP contribution in [0.1, 0.15) is 60.3 Å². The Bertz CT molecular complexity index is 797. The van der Waals surface area contributed by atoms with E-state index in [0.29, 0.717) is 25.0 Å². The summed E-state index contributed by atoms with van der Waals surface area (Å²) >= 11 is 0. The van der Waals surface area contributed by atoms with E-state index in [0.717, 1.165) is 12.8 Å². The molecule has 1 N–H and O–H groups in total. The van der Waals surface area contributed by atoms with Gasteiger partial charge in [-0.2, -0.15) is 0 Å². The molecule has 8 unspecified atom stereocenters. The summed E-state index contributed by atoms with van der Waals surface area (Å²) in [5.41, 5.74) is -1.68. The van der Waals surface area contributed by atoms with Gasteiger partial charge in [0.2, 0.25) is 11.6 Å². The number of fused-ring (bicyclic) bond motifs is 5. The Kier molecular flexibility index (Phi) is 4.57. The van der Waals surface area contributed by atoms with Crippen molar-refractivity contribution in [3.05, 3.63) is 12.2 Å². The van der Waals surface area contributed by atoms with Crippen molar-refractivity contribution in [1.82, 2.24) is 0 Å². The second-order valence-electron chi connectivity index (χ2n) is 10.9. The van der Waals surface area contributed by atoms with Crippen LogP contribution in [0.3, 0.4) is 0 Å². The Morgan fingerprint density at radius 2 is 1.90 bits per heavy atom. The summed E-state index contributed by atoms with van der Waals surface area (Å²) in [6, 6.07) is 0. The van der Waals surface area contributed by atoms with Crippen LogP contribution < -0.4 is 0 Å². The first-order valence-electron chi connectivity index (χ1n) is 11.0. The molecule has 29 heavy (non-hydrogen) atoms. The topological polar surface area (TPSA) is 80.7 Å². The smallest absolute Gasteiger partial charge is 0.207 e. The molecular formula is C24H34O5. The van der Waals surface area contributed by atoms with Crippen molar-refractivity contribution in [1.29, 1.82) is 0 Å². The number of ketones is 3. The Hall–Kier alpha value is -1.33. The van der Waals surface area contributed by atoms with Gasteiger partial charge in [-0.15, -0.1) is 0 Å². The number of carbonyl (C=O) groups excluding carboxylic acids is 3. The molecule has 0 amide bonds. The van der Waals surface area contributed by atoms with Crippen molar-refractivity contribution in [3.8, 4) is 0 Å². The first-order valence-corrected chi connectivity index (χ1v) is 11.0. The fraction of sp³-hybridized carbons (Fsp3) is 0.792. The zero-order valence-electron chi connectivity index (χ0n) is 18.3. The number of ether oxygens (including phenoxy) is 1. The van der Waals surface area contributed by atoms with E-state index >= 15 is 0 Å². The molecule has 0 radical (unpaired) electrons. The lowest BCUT2D eigenvalue weighted by Gasteiger charge is -2.64. The molecule has 0 aromatic heterocycles. The molecule has 1 aliphatic heterocycles. The maximum Gasteiger partial charge on any atom is 0.207 e. The normalized spacial score (nSPS) is 48.5. The molecular weight excluding hydrogens is 368 g/mol. The summed E-state index contributed by atoms with van der Waals surface area (Å²) in [5, 5.41) is 11.0. The Labute approximate surface area is 173 Å². The van der Waals surface area contributed by atoms with Gasteiger partial charge in [0.05, 0.1) is 24.2 Å². The van der Waals surface area contributed by atoms with Crippen LogP contribution in [0.4, 0.5) is 0 Å². The van der Waals surface area contributed by atoms with Gasteiger partial charge in [-0.25, -0.2) is 0 Å². The van der Waals surface area contributed by atoms with E-state index in [1.54, 1.807) is 13.8 Å². The highest BCUT2D eigenvalue weighted by molar-refractivity contribution is 6.40. The van der Waals surface area contributed by atoms with E-state index in [2.05, 4.69) is 6.58 Å². The van der Waals surface area contributed by atoms with Gasteiger partial charge in [0, 0.05) is 23.7 Å². The van der Waals surface area contributed by atoms with Gasteiger partial charge >= 0.3 is 0 Å². The minimum atomic E-state index is -1.13. The third-order valence-corrected chi connectivity index (χ3v) is 9.59. The largest absolute Gasteiger partial charge is 0.392 e. The lowest BCUT2D eigenvalue weighted by molar-refractivity contribution is -0.236. The molecule has 160 valence electrons. The second kappa shape index (κ2) is 6.34. The van der Waals surface area contributed by atoms with E-state index in [-0.39, 0.29) is 35.4 Å².